The first-order valence-electron chi connectivity index (χ1n) is 6.27. The van der Waals surface area contributed by atoms with Gasteiger partial charge in [-0.05, 0) is 12.8 Å². The van der Waals surface area contributed by atoms with Crippen LogP contribution in [-0.4, -0.2) is 16.6 Å². The molecule has 0 atom stereocenters. The zero-order valence-corrected chi connectivity index (χ0v) is 10.7. The standard InChI is InChI=1S/C12H22N4O/c1-3-5-6-8-17-12-9-11(16-13)14-10(15-12)7-4-2/h9H,3-8,13H2,1-2H3,(H,14,15,16). The lowest BCUT2D eigenvalue weighted by molar-refractivity contribution is 0.293. The van der Waals surface area contributed by atoms with E-state index in [1.165, 1.54) is 12.8 Å². The summed E-state index contributed by atoms with van der Waals surface area (Å²) in [7, 11) is 0. The van der Waals surface area contributed by atoms with Crippen LogP contribution in [0.2, 0.25) is 0 Å². The summed E-state index contributed by atoms with van der Waals surface area (Å²) in [5, 5.41) is 0. The molecule has 3 N–H and O–H groups in total. The lowest BCUT2D eigenvalue weighted by atomic mass is 10.3. The first-order chi connectivity index (χ1) is 8.30. The van der Waals surface area contributed by atoms with E-state index in [1.807, 2.05) is 0 Å². The molecule has 5 heteroatoms. The van der Waals surface area contributed by atoms with Gasteiger partial charge in [-0.1, -0.05) is 26.7 Å². The number of rotatable bonds is 8. The van der Waals surface area contributed by atoms with Crippen molar-refractivity contribution in [3.05, 3.63) is 11.9 Å². The van der Waals surface area contributed by atoms with Gasteiger partial charge in [-0.2, -0.15) is 4.98 Å². The van der Waals surface area contributed by atoms with E-state index in [0.717, 1.165) is 25.1 Å². The molecule has 0 bridgehead atoms. The fraction of sp³-hybridized carbons (Fsp3) is 0.667. The molecule has 1 rings (SSSR count). The normalized spacial score (nSPS) is 10.3. The van der Waals surface area contributed by atoms with E-state index in [-0.39, 0.29) is 0 Å². The monoisotopic (exact) mass is 238 g/mol. The highest BCUT2D eigenvalue weighted by Crippen LogP contribution is 2.14. The highest BCUT2D eigenvalue weighted by atomic mass is 16.5. The second-order valence-electron chi connectivity index (χ2n) is 3.96. The summed E-state index contributed by atoms with van der Waals surface area (Å²) in [4.78, 5) is 8.60. The van der Waals surface area contributed by atoms with Crippen LogP contribution in [0, 0.1) is 0 Å². The predicted octanol–water partition coefficient (Wildman–Crippen LogP) is 2.28. The number of hydrogen-bond donors (Lipinski definition) is 2. The number of aromatic nitrogens is 2. The van der Waals surface area contributed by atoms with Gasteiger partial charge in [-0.15, -0.1) is 0 Å². The second kappa shape index (κ2) is 7.84. The molecule has 1 heterocycles. The van der Waals surface area contributed by atoms with E-state index in [0.29, 0.717) is 18.3 Å². The summed E-state index contributed by atoms with van der Waals surface area (Å²) in [5.41, 5.74) is 2.54. The number of anilines is 1. The highest BCUT2D eigenvalue weighted by molar-refractivity contribution is 5.36. The summed E-state index contributed by atoms with van der Waals surface area (Å²) in [6.07, 6.45) is 5.25. The Hall–Kier alpha value is -1.36. The van der Waals surface area contributed by atoms with E-state index in [1.54, 1.807) is 6.07 Å². The van der Waals surface area contributed by atoms with Gasteiger partial charge in [-0.3, -0.25) is 0 Å². The van der Waals surface area contributed by atoms with E-state index in [2.05, 4.69) is 29.2 Å². The molecule has 0 spiro atoms. The molecule has 0 amide bonds. The molecule has 5 nitrogen and oxygen atoms in total. The third-order valence-corrected chi connectivity index (χ3v) is 2.37. The molecule has 0 fully saturated rings. The van der Waals surface area contributed by atoms with Crippen LogP contribution in [0.25, 0.3) is 0 Å². The van der Waals surface area contributed by atoms with E-state index in [4.69, 9.17) is 10.6 Å². The zero-order valence-electron chi connectivity index (χ0n) is 10.7. The zero-order chi connectivity index (χ0) is 12.5. The van der Waals surface area contributed by atoms with E-state index >= 15 is 0 Å². The van der Waals surface area contributed by atoms with Crippen LogP contribution in [-0.2, 0) is 6.42 Å². The molecule has 0 saturated heterocycles. The Morgan fingerprint density at radius 2 is 2.06 bits per heavy atom. The van der Waals surface area contributed by atoms with Crippen LogP contribution in [0.5, 0.6) is 5.88 Å². The second-order valence-corrected chi connectivity index (χ2v) is 3.96. The minimum Gasteiger partial charge on any atom is -0.478 e. The lowest BCUT2D eigenvalue weighted by Gasteiger charge is -2.08. The smallest absolute Gasteiger partial charge is 0.218 e. The minimum atomic E-state index is 0.604. The Bertz CT molecular complexity index is 330. The van der Waals surface area contributed by atoms with Gasteiger partial charge in [0, 0.05) is 12.5 Å². The predicted molar refractivity (Wildman–Crippen MR) is 68.9 cm³/mol. The first-order valence-corrected chi connectivity index (χ1v) is 6.27. The SMILES string of the molecule is CCCCCOc1cc(NN)nc(CCC)n1. The molecule has 0 aliphatic heterocycles. The third-order valence-electron chi connectivity index (χ3n) is 2.37. The minimum absolute atomic E-state index is 0.604. The van der Waals surface area contributed by atoms with Gasteiger partial charge in [0.15, 0.2) is 0 Å². The molecule has 0 unspecified atom stereocenters. The number of nitrogen functional groups attached to an aromatic ring is 1. The number of nitrogens with one attached hydrogen (secondary N) is 1. The molecule has 1 aromatic rings. The number of nitrogens with two attached hydrogens (primary N) is 1. The van der Waals surface area contributed by atoms with Crippen molar-refractivity contribution in [1.82, 2.24) is 9.97 Å². The van der Waals surface area contributed by atoms with Gasteiger partial charge in [0.05, 0.1) is 6.61 Å². The quantitative estimate of drug-likeness (QED) is 0.413. The van der Waals surface area contributed by atoms with Crippen molar-refractivity contribution < 1.29 is 4.74 Å². The van der Waals surface area contributed by atoms with Crippen LogP contribution in [0.3, 0.4) is 0 Å². The summed E-state index contributed by atoms with van der Waals surface area (Å²) in [6.45, 7) is 4.95. The summed E-state index contributed by atoms with van der Waals surface area (Å²) in [6, 6.07) is 1.73. The Balaban J connectivity index is 2.59. The summed E-state index contributed by atoms with van der Waals surface area (Å²) >= 11 is 0. The topological polar surface area (TPSA) is 73.1 Å². The van der Waals surface area contributed by atoms with Crippen LogP contribution in [0.15, 0.2) is 6.07 Å². The number of aryl methyl sites for hydroxylation is 1. The van der Waals surface area contributed by atoms with Gasteiger partial charge in [0.2, 0.25) is 5.88 Å². The maximum atomic E-state index is 5.59. The largest absolute Gasteiger partial charge is 0.478 e. The van der Waals surface area contributed by atoms with Crippen molar-refractivity contribution in [3.8, 4) is 5.88 Å². The molecular formula is C12H22N4O. The lowest BCUT2D eigenvalue weighted by Crippen LogP contribution is -2.11. The number of nitrogens with zero attached hydrogens (tertiary/aromatic N) is 2. The van der Waals surface area contributed by atoms with Crippen LogP contribution >= 0.6 is 0 Å². The van der Waals surface area contributed by atoms with Crippen molar-refractivity contribution >= 4 is 5.82 Å². The van der Waals surface area contributed by atoms with Crippen molar-refractivity contribution in [1.29, 1.82) is 0 Å². The molecule has 0 aliphatic carbocycles. The molecule has 96 valence electrons. The number of ether oxygens (including phenoxy) is 1. The van der Waals surface area contributed by atoms with Gasteiger partial charge in [0.25, 0.3) is 0 Å². The third kappa shape index (κ3) is 4.99. The van der Waals surface area contributed by atoms with E-state index in [9.17, 15) is 0 Å². The van der Waals surface area contributed by atoms with Crippen LogP contribution in [0.4, 0.5) is 5.82 Å². The average molecular weight is 238 g/mol. The number of unbranched alkanes of at least 4 members (excludes halogenated alkanes) is 2. The highest BCUT2D eigenvalue weighted by Gasteiger charge is 2.04. The van der Waals surface area contributed by atoms with Gasteiger partial charge >= 0.3 is 0 Å². The summed E-state index contributed by atoms with van der Waals surface area (Å²) in [5.74, 6) is 7.35. The Kier molecular flexibility index (Phi) is 6.32. The fourth-order valence-corrected chi connectivity index (χ4v) is 1.48. The van der Waals surface area contributed by atoms with Crippen molar-refractivity contribution in [3.63, 3.8) is 0 Å². The van der Waals surface area contributed by atoms with Gasteiger partial charge in [-0.25, -0.2) is 10.8 Å². The molecule has 0 aliphatic rings. The van der Waals surface area contributed by atoms with Gasteiger partial charge in [0.1, 0.15) is 11.6 Å². The van der Waals surface area contributed by atoms with Crippen molar-refractivity contribution in [2.24, 2.45) is 5.84 Å². The average Bonchev–Trinajstić information content (AvgIpc) is 2.35. The molecule has 0 aromatic carbocycles. The molecular weight excluding hydrogens is 216 g/mol. The van der Waals surface area contributed by atoms with Gasteiger partial charge < -0.3 is 10.2 Å². The molecule has 17 heavy (non-hydrogen) atoms. The number of hydrazine groups is 1. The molecule has 0 saturated carbocycles. The molecule has 0 radical (unpaired) electrons. The first kappa shape index (κ1) is 13.7. The van der Waals surface area contributed by atoms with Crippen molar-refractivity contribution in [2.75, 3.05) is 12.0 Å². The Morgan fingerprint density at radius 1 is 1.24 bits per heavy atom. The molecule has 1 aromatic heterocycles. The summed E-state index contributed by atoms with van der Waals surface area (Å²) < 4.78 is 5.59. The van der Waals surface area contributed by atoms with Crippen molar-refractivity contribution in [2.45, 2.75) is 46.0 Å². The van der Waals surface area contributed by atoms with Crippen LogP contribution < -0.4 is 16.0 Å². The Labute approximate surface area is 103 Å². The maximum Gasteiger partial charge on any atom is 0.218 e. The Morgan fingerprint density at radius 3 is 2.71 bits per heavy atom. The van der Waals surface area contributed by atoms with E-state index < -0.39 is 0 Å². The fourth-order valence-electron chi connectivity index (χ4n) is 1.48. The maximum absolute atomic E-state index is 5.59. The number of hydrogen-bond acceptors (Lipinski definition) is 5. The van der Waals surface area contributed by atoms with Crippen LogP contribution in [0.1, 0.15) is 45.4 Å².